The number of carbonyl (C=O) groups is 2. The van der Waals surface area contributed by atoms with E-state index in [9.17, 15) is 9.59 Å². The third-order valence-corrected chi connectivity index (χ3v) is 3.51. The number of carboxylic acid groups (broad SMARTS) is 1. The second kappa shape index (κ2) is 5.72. The van der Waals surface area contributed by atoms with Crippen LogP contribution in [0.25, 0.3) is 0 Å². The first-order valence-corrected chi connectivity index (χ1v) is 7.48. The van der Waals surface area contributed by atoms with Crippen molar-refractivity contribution in [3.05, 3.63) is 12.7 Å². The van der Waals surface area contributed by atoms with E-state index in [1.54, 1.807) is 18.0 Å². The fourth-order valence-electron chi connectivity index (χ4n) is 2.00. The van der Waals surface area contributed by atoms with Gasteiger partial charge in [-0.05, 0) is 13.5 Å². The van der Waals surface area contributed by atoms with Crippen LogP contribution in [0.3, 0.4) is 0 Å². The summed E-state index contributed by atoms with van der Waals surface area (Å²) in [6.45, 7) is 3.61. The zero-order chi connectivity index (χ0) is 12.3. The number of likely N-dealkylation sites (N-methyl/N-ethyl adjacent to an activating group) is 1. The maximum atomic E-state index is 11.6. The van der Waals surface area contributed by atoms with Crippen molar-refractivity contribution in [1.29, 1.82) is 0 Å². The van der Waals surface area contributed by atoms with Crippen LogP contribution in [0, 0.1) is 5.92 Å². The lowest BCUT2D eigenvalue weighted by Gasteiger charge is -2.22. The average molecular weight is 263 g/mol. The molecule has 0 aromatic carbocycles. The average Bonchev–Trinajstić information content (AvgIpc) is 2.55. The van der Waals surface area contributed by atoms with E-state index >= 15 is 0 Å². The molecule has 5 nitrogen and oxygen atoms in total. The van der Waals surface area contributed by atoms with E-state index in [2.05, 4.69) is 15.5 Å². The summed E-state index contributed by atoms with van der Waals surface area (Å²) < 4.78 is 4.90. The van der Waals surface area contributed by atoms with Gasteiger partial charge in [-0.3, -0.25) is 14.5 Å². The highest BCUT2D eigenvalue weighted by Crippen LogP contribution is 2.32. The van der Waals surface area contributed by atoms with E-state index in [-0.39, 0.29) is 26.9 Å². The van der Waals surface area contributed by atoms with Crippen molar-refractivity contribution in [2.45, 2.75) is 18.5 Å². The van der Waals surface area contributed by atoms with Gasteiger partial charge in [-0.1, -0.05) is 15.0 Å². The van der Waals surface area contributed by atoms with Gasteiger partial charge < -0.3 is 9.63 Å². The Kier molecular flexibility index (Phi) is 4.85. The van der Waals surface area contributed by atoms with E-state index in [0.717, 1.165) is 0 Å². The number of carbonyl (C=O) groups excluding carboxylic acids is 1. The van der Waals surface area contributed by atoms with Gasteiger partial charge in [-0.2, -0.15) is 0 Å². The fraction of sp³-hybridized carbons (Fsp3) is 0.556. The molecule has 1 saturated heterocycles. The van der Waals surface area contributed by atoms with Gasteiger partial charge in [0, 0.05) is 6.04 Å². The number of aliphatic carboxylic acids is 1. The number of rotatable bonds is 4. The highest BCUT2D eigenvalue weighted by molar-refractivity contribution is 8.00. The summed E-state index contributed by atoms with van der Waals surface area (Å²) in [5.74, 6) is -1.86. The minimum absolute atomic E-state index is 0.00110. The lowest BCUT2D eigenvalue weighted by molar-refractivity contribution is -0.141. The maximum Gasteiger partial charge on any atom is 0.326 e. The molecule has 1 N–H and O–H groups in total. The van der Waals surface area contributed by atoms with Crippen molar-refractivity contribution in [2.75, 3.05) is 7.05 Å². The third-order valence-electron chi connectivity index (χ3n) is 2.84. The Labute approximate surface area is 98.2 Å². The number of likely N-dealkylation sites (tertiary alicyclic amines) is 1. The molecule has 1 fully saturated rings. The largest absolute Gasteiger partial charge is 0.481 e. The molecule has 0 radical (unpaired) electrons. The molecule has 0 aromatic rings. The van der Waals surface area contributed by atoms with Crippen LogP contribution in [0.15, 0.2) is 12.7 Å². The van der Waals surface area contributed by atoms with Crippen LogP contribution in [-0.4, -0.2) is 41.1 Å². The van der Waals surface area contributed by atoms with E-state index in [1.807, 2.05) is 0 Å². The predicted molar refractivity (Wildman–Crippen MR) is 65.4 cm³/mol. The second-order valence-corrected chi connectivity index (χ2v) is 4.77. The summed E-state index contributed by atoms with van der Waals surface area (Å²) in [4.78, 5) is 24.3. The number of hydrogen-bond acceptors (Lipinski definition) is 4. The van der Waals surface area contributed by atoms with Gasteiger partial charge in [0.2, 0.25) is 0 Å². The first-order chi connectivity index (χ1) is 7.52. The quantitative estimate of drug-likeness (QED) is 0.602. The molecular weight excluding hydrogens is 248 g/mol. The Balaban J connectivity index is 2.81. The van der Waals surface area contributed by atoms with Crippen molar-refractivity contribution in [3.8, 4) is 0 Å². The van der Waals surface area contributed by atoms with E-state index < -0.39 is 17.9 Å². The molecule has 1 heterocycles. The molecule has 1 aliphatic rings. The van der Waals surface area contributed by atoms with Gasteiger partial charge >= 0.3 is 11.9 Å². The Bertz CT molecular complexity index is 310. The van der Waals surface area contributed by atoms with E-state index in [1.165, 1.54) is 0 Å². The number of hydrogen-bond donors (Lipinski definition) is 1. The van der Waals surface area contributed by atoms with Gasteiger partial charge in [-0.15, -0.1) is 6.58 Å². The summed E-state index contributed by atoms with van der Waals surface area (Å²) in [5.41, 5.74) is 0. The maximum absolute atomic E-state index is 11.6. The van der Waals surface area contributed by atoms with Crippen molar-refractivity contribution in [2.24, 2.45) is 5.92 Å². The molecule has 0 aliphatic carbocycles. The molecule has 0 saturated carbocycles. The standard InChI is InChI=1S/C9H15NO4P2/c1-3-6-5(8(11)12)4-7(10(6)2)9(13)14-16-15/h3,5-7,16H,1,4,15H2,2H3,(H,11,12)/t5?,6-,7+/m0/s1. The molecule has 1 rings (SSSR count). The molecule has 16 heavy (non-hydrogen) atoms. The lowest BCUT2D eigenvalue weighted by Crippen LogP contribution is -2.38. The molecule has 0 bridgehead atoms. The first-order valence-electron chi connectivity index (χ1n) is 4.76. The Morgan fingerprint density at radius 3 is 2.69 bits per heavy atom. The van der Waals surface area contributed by atoms with Crippen LogP contribution in [0.2, 0.25) is 0 Å². The predicted octanol–water partition coefficient (Wildman–Crippen LogP) is 0.873. The molecule has 0 aromatic heterocycles. The third kappa shape index (κ3) is 2.60. The van der Waals surface area contributed by atoms with Crippen LogP contribution in [0.1, 0.15) is 6.42 Å². The van der Waals surface area contributed by atoms with Gasteiger partial charge in [0.25, 0.3) is 0 Å². The molecular formula is C9H15NO4P2. The summed E-state index contributed by atoms with van der Waals surface area (Å²) in [6, 6.07) is -0.806. The van der Waals surface area contributed by atoms with Gasteiger partial charge in [0.15, 0.2) is 0 Å². The topological polar surface area (TPSA) is 66.8 Å². The van der Waals surface area contributed by atoms with Crippen molar-refractivity contribution in [1.82, 2.24) is 4.90 Å². The van der Waals surface area contributed by atoms with Crippen molar-refractivity contribution < 1.29 is 19.2 Å². The van der Waals surface area contributed by atoms with Crippen LogP contribution >= 0.6 is 17.4 Å². The monoisotopic (exact) mass is 263 g/mol. The molecule has 3 unspecified atom stereocenters. The minimum atomic E-state index is -0.902. The fourth-order valence-corrected chi connectivity index (χ4v) is 2.60. The summed E-state index contributed by atoms with van der Waals surface area (Å²) in [5, 5.41) is 9.03. The second-order valence-electron chi connectivity index (χ2n) is 3.63. The normalized spacial score (nSPS) is 30.8. The first kappa shape index (κ1) is 13.6. The smallest absolute Gasteiger partial charge is 0.326 e. The van der Waals surface area contributed by atoms with E-state index in [4.69, 9.17) is 9.63 Å². The molecule has 7 heteroatoms. The number of carboxylic acids is 1. The lowest BCUT2D eigenvalue weighted by atomic mass is 9.99. The van der Waals surface area contributed by atoms with Crippen LogP contribution in [0.4, 0.5) is 0 Å². The van der Waals surface area contributed by atoms with Gasteiger partial charge in [-0.25, -0.2) is 0 Å². The van der Waals surface area contributed by atoms with Gasteiger partial charge in [0.05, 0.1) is 14.4 Å². The summed E-state index contributed by atoms with van der Waals surface area (Å²) >= 11 is 0. The van der Waals surface area contributed by atoms with E-state index in [0.29, 0.717) is 0 Å². The van der Waals surface area contributed by atoms with Crippen LogP contribution < -0.4 is 0 Å². The highest BCUT2D eigenvalue weighted by atomic mass is 32.0. The molecule has 90 valence electrons. The zero-order valence-electron chi connectivity index (χ0n) is 8.92. The van der Waals surface area contributed by atoms with Gasteiger partial charge in [0.1, 0.15) is 6.04 Å². The van der Waals surface area contributed by atoms with Crippen molar-refractivity contribution in [3.63, 3.8) is 0 Å². The zero-order valence-corrected chi connectivity index (χ0v) is 11.1. The van der Waals surface area contributed by atoms with Crippen molar-refractivity contribution >= 4 is 29.4 Å². The summed E-state index contributed by atoms with van der Waals surface area (Å²) in [7, 11) is 4.04. The molecule has 0 spiro atoms. The Morgan fingerprint density at radius 1 is 1.69 bits per heavy atom. The van der Waals surface area contributed by atoms with Crippen LogP contribution in [0.5, 0.6) is 0 Å². The molecule has 0 amide bonds. The Hall–Kier alpha value is -0.500. The minimum Gasteiger partial charge on any atom is -0.481 e. The SMILES string of the molecule is C=C[C@H]1C(C(=O)O)C[C@H](C(=O)OPP)N1C. The Morgan fingerprint density at radius 2 is 2.31 bits per heavy atom. The summed E-state index contributed by atoms with van der Waals surface area (Å²) in [6.07, 6.45) is 1.84. The number of nitrogens with zero attached hydrogens (tertiary/aromatic N) is 1. The van der Waals surface area contributed by atoms with Crippen LogP contribution in [-0.2, 0) is 14.1 Å². The molecule has 5 atom stereocenters. The molecule has 1 aliphatic heterocycles. The highest BCUT2D eigenvalue weighted by Gasteiger charge is 2.45.